The second-order valence-corrected chi connectivity index (χ2v) is 9.12. The van der Waals surface area contributed by atoms with E-state index in [1.807, 2.05) is 25.1 Å². The van der Waals surface area contributed by atoms with Crippen LogP contribution in [0.25, 0.3) is 0 Å². The molecule has 2 rings (SSSR count). The van der Waals surface area contributed by atoms with E-state index in [0.29, 0.717) is 32.7 Å². The highest BCUT2D eigenvalue weighted by molar-refractivity contribution is 7.88. The molecule has 0 aliphatic carbocycles. The monoisotopic (exact) mass is 411 g/mol. The molecule has 0 unspecified atom stereocenters. The fourth-order valence-corrected chi connectivity index (χ4v) is 4.66. The summed E-state index contributed by atoms with van der Waals surface area (Å²) in [5.74, 6) is -0.398. The molecule has 0 aromatic heterocycles. The van der Waals surface area contributed by atoms with Gasteiger partial charge >= 0.3 is 0 Å². The van der Waals surface area contributed by atoms with Gasteiger partial charge in [-0.05, 0) is 18.9 Å². The first-order chi connectivity index (χ1) is 13.3. The van der Waals surface area contributed by atoms with Crippen LogP contribution in [0.2, 0.25) is 0 Å². The van der Waals surface area contributed by atoms with Gasteiger partial charge in [0.15, 0.2) is 6.54 Å². The van der Waals surface area contributed by atoms with E-state index in [0.717, 1.165) is 16.9 Å². The second-order valence-electron chi connectivity index (χ2n) is 7.15. The molecule has 1 aliphatic heterocycles. The number of carbonyl (C=O) groups excluding carboxylic acids is 2. The molecule has 2 amide bonds. The Hall–Kier alpha value is -1.97. The standard InChI is InChI=1S/C19H30N4O4S/c1-3-9-20-19(25)16(2)21-18(24)14-22-10-12-23(13-11-22)28(26,27)15-17-7-5-4-6-8-17/h4-8,16H,3,9-15H2,1-2H3,(H,20,25)(H,21,24)/p+1/t16-/m0/s1. The lowest BCUT2D eigenvalue weighted by molar-refractivity contribution is -0.895. The molecule has 0 bridgehead atoms. The Morgan fingerprint density at radius 3 is 2.43 bits per heavy atom. The van der Waals surface area contributed by atoms with E-state index in [4.69, 9.17) is 0 Å². The van der Waals surface area contributed by atoms with Gasteiger partial charge in [-0.3, -0.25) is 9.59 Å². The first kappa shape index (κ1) is 22.3. The average molecular weight is 412 g/mol. The maximum absolute atomic E-state index is 12.6. The molecule has 28 heavy (non-hydrogen) atoms. The zero-order chi connectivity index (χ0) is 20.6. The molecule has 9 heteroatoms. The fraction of sp³-hybridized carbons (Fsp3) is 0.579. The van der Waals surface area contributed by atoms with Gasteiger partial charge in [-0.15, -0.1) is 0 Å². The summed E-state index contributed by atoms with van der Waals surface area (Å²) in [4.78, 5) is 25.0. The van der Waals surface area contributed by atoms with Crippen LogP contribution in [-0.4, -0.2) is 69.8 Å². The summed E-state index contributed by atoms with van der Waals surface area (Å²) in [5.41, 5.74) is 0.770. The minimum atomic E-state index is -3.36. The van der Waals surface area contributed by atoms with E-state index in [2.05, 4.69) is 10.6 Å². The molecule has 1 saturated heterocycles. The number of hydrogen-bond donors (Lipinski definition) is 3. The van der Waals surface area contributed by atoms with Crippen LogP contribution >= 0.6 is 0 Å². The van der Waals surface area contributed by atoms with Crippen LogP contribution in [-0.2, 0) is 25.4 Å². The summed E-state index contributed by atoms with van der Waals surface area (Å²) in [7, 11) is -3.36. The van der Waals surface area contributed by atoms with E-state index >= 15 is 0 Å². The van der Waals surface area contributed by atoms with Gasteiger partial charge in [0.1, 0.15) is 6.04 Å². The van der Waals surface area contributed by atoms with E-state index in [9.17, 15) is 18.0 Å². The summed E-state index contributed by atoms with van der Waals surface area (Å²) in [6, 6.07) is 8.55. The number of amides is 2. The lowest BCUT2D eigenvalue weighted by Crippen LogP contribution is -3.15. The number of rotatable bonds is 9. The highest BCUT2D eigenvalue weighted by atomic mass is 32.2. The fourth-order valence-electron chi connectivity index (χ4n) is 3.12. The Morgan fingerprint density at radius 2 is 1.82 bits per heavy atom. The quantitative estimate of drug-likeness (QED) is 0.473. The summed E-state index contributed by atoms with van der Waals surface area (Å²) < 4.78 is 26.7. The zero-order valence-corrected chi connectivity index (χ0v) is 17.4. The Balaban J connectivity index is 1.77. The molecule has 3 N–H and O–H groups in total. The van der Waals surface area contributed by atoms with Gasteiger partial charge in [-0.25, -0.2) is 8.42 Å². The first-order valence-corrected chi connectivity index (χ1v) is 11.3. The van der Waals surface area contributed by atoms with Crippen molar-refractivity contribution < 1.29 is 22.9 Å². The van der Waals surface area contributed by atoms with Crippen molar-refractivity contribution in [2.75, 3.05) is 39.3 Å². The first-order valence-electron chi connectivity index (χ1n) is 9.74. The van der Waals surface area contributed by atoms with Crippen LogP contribution in [0.3, 0.4) is 0 Å². The summed E-state index contributed by atoms with van der Waals surface area (Å²) in [5, 5.41) is 5.46. The largest absolute Gasteiger partial charge is 0.354 e. The molecule has 156 valence electrons. The van der Waals surface area contributed by atoms with Crippen molar-refractivity contribution >= 4 is 21.8 Å². The topological polar surface area (TPSA) is 100 Å². The van der Waals surface area contributed by atoms with E-state index < -0.39 is 16.1 Å². The van der Waals surface area contributed by atoms with Crippen LogP contribution in [0, 0.1) is 0 Å². The van der Waals surface area contributed by atoms with Crippen LogP contribution < -0.4 is 15.5 Å². The number of piperazine rings is 1. The SMILES string of the molecule is CCCNC(=O)[C@H](C)NC(=O)C[NH+]1CCN(S(=O)(=O)Cc2ccccc2)CC1. The molecule has 0 spiro atoms. The Morgan fingerprint density at radius 1 is 1.18 bits per heavy atom. The lowest BCUT2D eigenvalue weighted by Gasteiger charge is -2.31. The molecule has 8 nitrogen and oxygen atoms in total. The molecule has 0 radical (unpaired) electrons. The van der Waals surface area contributed by atoms with Crippen molar-refractivity contribution in [1.29, 1.82) is 0 Å². The van der Waals surface area contributed by atoms with Crippen molar-refractivity contribution in [3.05, 3.63) is 35.9 Å². The third kappa shape index (κ3) is 6.88. The van der Waals surface area contributed by atoms with Gasteiger partial charge < -0.3 is 15.5 Å². The van der Waals surface area contributed by atoms with Crippen LogP contribution in [0.5, 0.6) is 0 Å². The third-order valence-electron chi connectivity index (χ3n) is 4.75. The minimum Gasteiger partial charge on any atom is -0.354 e. The Bertz CT molecular complexity index is 746. The summed E-state index contributed by atoms with van der Waals surface area (Å²) in [6.07, 6.45) is 0.841. The van der Waals surface area contributed by atoms with E-state index in [-0.39, 0.29) is 24.1 Å². The minimum absolute atomic E-state index is 0.00591. The smallest absolute Gasteiger partial charge is 0.275 e. The van der Waals surface area contributed by atoms with Gasteiger partial charge in [0, 0.05) is 6.54 Å². The molecule has 1 aliphatic rings. The number of quaternary nitrogens is 1. The van der Waals surface area contributed by atoms with E-state index in [1.54, 1.807) is 19.1 Å². The number of nitrogens with one attached hydrogen (secondary N) is 3. The molecule has 1 aromatic carbocycles. The molecular formula is C19H31N4O4S+. The molecule has 1 atom stereocenters. The van der Waals surface area contributed by atoms with Crippen molar-refractivity contribution in [1.82, 2.24) is 14.9 Å². The number of benzene rings is 1. The maximum Gasteiger partial charge on any atom is 0.275 e. The predicted octanol–water partition coefficient (Wildman–Crippen LogP) is -1.25. The molecule has 1 fully saturated rings. The van der Waals surface area contributed by atoms with Crippen LogP contribution in [0.15, 0.2) is 30.3 Å². The molecule has 1 heterocycles. The van der Waals surface area contributed by atoms with E-state index in [1.165, 1.54) is 4.31 Å². The molecular weight excluding hydrogens is 380 g/mol. The van der Waals surface area contributed by atoms with Crippen molar-refractivity contribution in [2.45, 2.75) is 32.1 Å². The van der Waals surface area contributed by atoms with Crippen molar-refractivity contribution in [2.24, 2.45) is 0 Å². The maximum atomic E-state index is 12.6. The highest BCUT2D eigenvalue weighted by Gasteiger charge is 2.30. The Labute approximate surface area is 167 Å². The number of nitrogens with zero attached hydrogens (tertiary/aromatic N) is 1. The van der Waals surface area contributed by atoms with Gasteiger partial charge in [0.2, 0.25) is 15.9 Å². The predicted molar refractivity (Wildman–Crippen MR) is 107 cm³/mol. The van der Waals surface area contributed by atoms with Gasteiger partial charge in [-0.2, -0.15) is 4.31 Å². The van der Waals surface area contributed by atoms with Crippen LogP contribution in [0.1, 0.15) is 25.8 Å². The Kier molecular flexibility index (Phi) is 8.40. The van der Waals surface area contributed by atoms with Gasteiger partial charge in [0.05, 0.1) is 31.9 Å². The lowest BCUT2D eigenvalue weighted by atomic mass is 10.2. The van der Waals surface area contributed by atoms with Gasteiger partial charge in [-0.1, -0.05) is 37.3 Å². The van der Waals surface area contributed by atoms with Crippen molar-refractivity contribution in [3.63, 3.8) is 0 Å². The summed E-state index contributed by atoms with van der Waals surface area (Å²) in [6.45, 7) is 6.37. The zero-order valence-electron chi connectivity index (χ0n) is 16.6. The number of sulfonamides is 1. The van der Waals surface area contributed by atoms with Crippen LogP contribution in [0.4, 0.5) is 0 Å². The normalized spacial score (nSPS) is 17.1. The molecule has 0 saturated carbocycles. The second kappa shape index (κ2) is 10.5. The number of hydrogen-bond acceptors (Lipinski definition) is 4. The number of carbonyl (C=O) groups is 2. The third-order valence-corrected chi connectivity index (χ3v) is 6.60. The highest BCUT2D eigenvalue weighted by Crippen LogP contribution is 2.10. The van der Waals surface area contributed by atoms with Crippen molar-refractivity contribution in [3.8, 4) is 0 Å². The van der Waals surface area contributed by atoms with Gasteiger partial charge in [0.25, 0.3) is 5.91 Å². The molecule has 1 aromatic rings. The summed E-state index contributed by atoms with van der Waals surface area (Å²) >= 11 is 0. The average Bonchev–Trinajstić information content (AvgIpc) is 2.66.